The maximum Gasteiger partial charge on any atom is 0.107 e. The van der Waals surface area contributed by atoms with Crippen LogP contribution in [0.15, 0.2) is 18.2 Å². The maximum atomic E-state index is 9.41. The van der Waals surface area contributed by atoms with Crippen molar-refractivity contribution in [2.24, 2.45) is 0 Å². The first kappa shape index (κ1) is 11.9. The number of fused-ring (bicyclic) bond motifs is 1. The third kappa shape index (κ3) is 2.11. The number of ether oxygens (including phenoxy) is 1. The Morgan fingerprint density at radius 1 is 1.53 bits per heavy atom. The average molecular weight is 235 g/mol. The molecule has 1 atom stereocenters. The minimum absolute atomic E-state index is 0.0184. The van der Waals surface area contributed by atoms with E-state index in [1.54, 1.807) is 7.11 Å². The van der Waals surface area contributed by atoms with Gasteiger partial charge in [-0.3, -0.25) is 0 Å². The van der Waals surface area contributed by atoms with Crippen molar-refractivity contribution in [2.75, 3.05) is 26.1 Å². The van der Waals surface area contributed by atoms with Crippen LogP contribution < -0.4 is 5.73 Å². The van der Waals surface area contributed by atoms with E-state index in [1.807, 2.05) is 29.7 Å². The molecular formula is C12H17N3O2. The zero-order chi connectivity index (χ0) is 12.4. The van der Waals surface area contributed by atoms with Crippen LogP contribution in [0.3, 0.4) is 0 Å². The minimum Gasteiger partial charge on any atom is -0.399 e. The molecule has 0 saturated carbocycles. The SMILES string of the molecule is COCC(CO)n1c(C)nc2cc(N)ccc21. The highest BCUT2D eigenvalue weighted by atomic mass is 16.5. The molecule has 0 aliphatic heterocycles. The van der Waals surface area contributed by atoms with Crippen LogP contribution in [0, 0.1) is 6.92 Å². The van der Waals surface area contributed by atoms with Gasteiger partial charge in [-0.1, -0.05) is 0 Å². The number of aliphatic hydroxyl groups excluding tert-OH is 1. The van der Waals surface area contributed by atoms with Gasteiger partial charge in [0, 0.05) is 12.8 Å². The Balaban J connectivity index is 2.55. The number of nitrogen functional groups attached to an aromatic ring is 1. The lowest BCUT2D eigenvalue weighted by Crippen LogP contribution is -2.19. The number of nitrogens with two attached hydrogens (primary N) is 1. The van der Waals surface area contributed by atoms with E-state index >= 15 is 0 Å². The predicted octanol–water partition coefficient (Wildman–Crippen LogP) is 1.11. The Kier molecular flexibility index (Phi) is 3.31. The van der Waals surface area contributed by atoms with E-state index in [1.165, 1.54) is 0 Å². The Labute approximate surface area is 99.8 Å². The van der Waals surface area contributed by atoms with Crippen molar-refractivity contribution in [3.05, 3.63) is 24.0 Å². The number of methoxy groups -OCH3 is 1. The lowest BCUT2D eigenvalue weighted by molar-refractivity contribution is 0.115. The van der Waals surface area contributed by atoms with Crippen molar-refractivity contribution in [2.45, 2.75) is 13.0 Å². The van der Waals surface area contributed by atoms with Gasteiger partial charge in [-0.2, -0.15) is 0 Å². The van der Waals surface area contributed by atoms with Gasteiger partial charge in [-0.25, -0.2) is 4.98 Å². The third-order valence-electron chi connectivity index (χ3n) is 2.82. The van der Waals surface area contributed by atoms with Crippen LogP contribution in [-0.4, -0.2) is 35.0 Å². The van der Waals surface area contributed by atoms with Gasteiger partial charge in [0.2, 0.25) is 0 Å². The summed E-state index contributed by atoms with van der Waals surface area (Å²) in [5.74, 6) is 0.849. The zero-order valence-electron chi connectivity index (χ0n) is 10.1. The van der Waals surface area contributed by atoms with E-state index in [0.29, 0.717) is 12.3 Å². The summed E-state index contributed by atoms with van der Waals surface area (Å²) in [6.07, 6.45) is 0. The molecule has 1 aromatic heterocycles. The molecule has 0 aliphatic rings. The standard InChI is InChI=1S/C12H17N3O2/c1-8-14-11-5-9(13)3-4-12(11)15(8)10(6-16)7-17-2/h3-5,10,16H,6-7,13H2,1-2H3. The minimum atomic E-state index is -0.117. The number of rotatable bonds is 4. The lowest BCUT2D eigenvalue weighted by Gasteiger charge is -2.17. The molecule has 0 aliphatic carbocycles. The van der Waals surface area contributed by atoms with Gasteiger partial charge < -0.3 is 20.1 Å². The van der Waals surface area contributed by atoms with Crippen LogP contribution in [0.25, 0.3) is 11.0 Å². The molecule has 5 heteroatoms. The number of imidazole rings is 1. The number of hydrogen-bond donors (Lipinski definition) is 2. The van der Waals surface area contributed by atoms with Crippen molar-refractivity contribution in [1.29, 1.82) is 0 Å². The number of aryl methyl sites for hydroxylation is 1. The molecule has 0 spiro atoms. The van der Waals surface area contributed by atoms with E-state index in [0.717, 1.165) is 16.9 Å². The van der Waals surface area contributed by atoms with Gasteiger partial charge in [0.15, 0.2) is 0 Å². The van der Waals surface area contributed by atoms with E-state index < -0.39 is 0 Å². The van der Waals surface area contributed by atoms with E-state index in [-0.39, 0.29) is 12.6 Å². The van der Waals surface area contributed by atoms with Crippen molar-refractivity contribution < 1.29 is 9.84 Å². The molecule has 17 heavy (non-hydrogen) atoms. The Hall–Kier alpha value is -1.59. The van der Waals surface area contributed by atoms with E-state index in [2.05, 4.69) is 4.98 Å². The van der Waals surface area contributed by atoms with Crippen molar-refractivity contribution >= 4 is 16.7 Å². The normalized spacial score (nSPS) is 13.1. The van der Waals surface area contributed by atoms with Crippen LogP contribution in [0.5, 0.6) is 0 Å². The quantitative estimate of drug-likeness (QED) is 0.778. The number of benzene rings is 1. The number of nitrogens with zero attached hydrogens (tertiary/aromatic N) is 2. The van der Waals surface area contributed by atoms with Crippen LogP contribution >= 0.6 is 0 Å². The molecule has 2 aromatic rings. The largest absolute Gasteiger partial charge is 0.399 e. The van der Waals surface area contributed by atoms with Gasteiger partial charge in [0.1, 0.15) is 5.82 Å². The number of hydrogen-bond acceptors (Lipinski definition) is 4. The van der Waals surface area contributed by atoms with Gasteiger partial charge in [-0.05, 0) is 25.1 Å². The third-order valence-corrected chi connectivity index (χ3v) is 2.82. The Bertz CT molecular complexity index is 522. The highest BCUT2D eigenvalue weighted by Gasteiger charge is 2.16. The fraction of sp³-hybridized carbons (Fsp3) is 0.417. The van der Waals surface area contributed by atoms with Crippen LogP contribution in [0.2, 0.25) is 0 Å². The van der Waals surface area contributed by atoms with E-state index in [9.17, 15) is 5.11 Å². The molecule has 0 radical (unpaired) electrons. The first-order valence-electron chi connectivity index (χ1n) is 5.51. The van der Waals surface area contributed by atoms with Gasteiger partial charge >= 0.3 is 0 Å². The number of anilines is 1. The first-order chi connectivity index (χ1) is 8.17. The summed E-state index contributed by atoms with van der Waals surface area (Å²) in [6, 6.07) is 5.47. The molecule has 0 bridgehead atoms. The molecule has 1 heterocycles. The monoisotopic (exact) mass is 235 g/mol. The summed E-state index contributed by atoms with van der Waals surface area (Å²) in [4.78, 5) is 4.44. The van der Waals surface area contributed by atoms with Crippen LogP contribution in [0.1, 0.15) is 11.9 Å². The molecule has 0 amide bonds. The average Bonchev–Trinajstić information content (AvgIpc) is 2.61. The topological polar surface area (TPSA) is 73.3 Å². The molecule has 1 unspecified atom stereocenters. The van der Waals surface area contributed by atoms with Crippen molar-refractivity contribution in [1.82, 2.24) is 9.55 Å². The van der Waals surface area contributed by atoms with Crippen molar-refractivity contribution in [3.63, 3.8) is 0 Å². The predicted molar refractivity (Wildman–Crippen MR) is 66.9 cm³/mol. The summed E-state index contributed by atoms with van der Waals surface area (Å²) >= 11 is 0. The van der Waals surface area contributed by atoms with Gasteiger partial charge in [0.05, 0.1) is 30.3 Å². The van der Waals surface area contributed by atoms with Crippen molar-refractivity contribution in [3.8, 4) is 0 Å². The second-order valence-electron chi connectivity index (χ2n) is 4.07. The van der Waals surface area contributed by atoms with Gasteiger partial charge in [0.25, 0.3) is 0 Å². The summed E-state index contributed by atoms with van der Waals surface area (Å²) < 4.78 is 7.10. The molecule has 5 nitrogen and oxygen atoms in total. The smallest absolute Gasteiger partial charge is 0.107 e. The molecule has 1 aromatic carbocycles. The fourth-order valence-electron chi connectivity index (χ4n) is 2.10. The van der Waals surface area contributed by atoms with Crippen LogP contribution in [0.4, 0.5) is 5.69 Å². The lowest BCUT2D eigenvalue weighted by atomic mass is 10.2. The first-order valence-corrected chi connectivity index (χ1v) is 5.51. The molecule has 2 rings (SSSR count). The summed E-state index contributed by atoms with van der Waals surface area (Å²) in [6.45, 7) is 2.38. The Morgan fingerprint density at radius 2 is 2.29 bits per heavy atom. The summed E-state index contributed by atoms with van der Waals surface area (Å²) in [5.41, 5.74) is 8.23. The molecule has 3 N–H and O–H groups in total. The highest BCUT2D eigenvalue weighted by molar-refractivity contribution is 5.79. The van der Waals surface area contributed by atoms with E-state index in [4.69, 9.17) is 10.5 Å². The molecule has 92 valence electrons. The summed E-state index contributed by atoms with van der Waals surface area (Å²) in [5, 5.41) is 9.41. The van der Waals surface area contributed by atoms with Gasteiger partial charge in [-0.15, -0.1) is 0 Å². The number of aliphatic hydroxyl groups is 1. The maximum absolute atomic E-state index is 9.41. The zero-order valence-corrected chi connectivity index (χ0v) is 10.1. The second kappa shape index (κ2) is 4.73. The second-order valence-corrected chi connectivity index (χ2v) is 4.07. The molecule has 0 saturated heterocycles. The Morgan fingerprint density at radius 3 is 2.94 bits per heavy atom. The van der Waals surface area contributed by atoms with Crippen LogP contribution in [-0.2, 0) is 4.74 Å². The summed E-state index contributed by atoms with van der Waals surface area (Å²) in [7, 11) is 1.62. The molecule has 0 fully saturated rings. The number of aromatic nitrogens is 2. The molecular weight excluding hydrogens is 218 g/mol. The highest BCUT2D eigenvalue weighted by Crippen LogP contribution is 2.22. The fourth-order valence-corrected chi connectivity index (χ4v) is 2.10.